The van der Waals surface area contributed by atoms with Gasteiger partial charge in [-0.3, -0.25) is 10.3 Å². The molecule has 5 nitrogen and oxygen atoms in total. The maximum absolute atomic E-state index is 11.6. The van der Waals surface area contributed by atoms with Gasteiger partial charge in [0.2, 0.25) is 0 Å². The molecule has 0 saturated heterocycles. The van der Waals surface area contributed by atoms with Gasteiger partial charge in [0, 0.05) is 34.6 Å². The Morgan fingerprint density at radius 2 is 2.12 bits per heavy atom. The van der Waals surface area contributed by atoms with Gasteiger partial charge in [-0.25, -0.2) is 9.78 Å². The van der Waals surface area contributed by atoms with E-state index in [1.54, 1.807) is 29.8 Å². The zero-order valence-corrected chi connectivity index (χ0v) is 14.2. The third kappa shape index (κ3) is 4.10. The number of halogens is 1. The van der Waals surface area contributed by atoms with Crippen molar-refractivity contribution in [3.63, 3.8) is 0 Å². The standard InChI is InChI=1S/C17H14ClN3O2S/c18-6-8-23-17(22)20-14-5-1-3-12(9-14)15-11-24-16(21-15)13-4-2-7-19-10-13/h1-5,7,9-11H,6,8H2,(H,20,22). The predicted molar refractivity (Wildman–Crippen MR) is 96.5 cm³/mol. The van der Waals surface area contributed by atoms with Crippen molar-refractivity contribution in [1.29, 1.82) is 0 Å². The highest BCUT2D eigenvalue weighted by Gasteiger charge is 2.08. The molecule has 24 heavy (non-hydrogen) atoms. The first-order chi connectivity index (χ1) is 11.8. The zero-order valence-electron chi connectivity index (χ0n) is 12.6. The van der Waals surface area contributed by atoms with Crippen molar-refractivity contribution in [1.82, 2.24) is 9.97 Å². The number of aromatic nitrogens is 2. The number of amides is 1. The molecule has 0 radical (unpaired) electrons. The molecule has 1 amide bonds. The van der Waals surface area contributed by atoms with E-state index in [4.69, 9.17) is 16.3 Å². The second kappa shape index (κ2) is 7.90. The van der Waals surface area contributed by atoms with Gasteiger partial charge in [-0.2, -0.15) is 0 Å². The summed E-state index contributed by atoms with van der Waals surface area (Å²) in [5, 5.41) is 5.55. The molecule has 3 aromatic rings. The summed E-state index contributed by atoms with van der Waals surface area (Å²) in [5.74, 6) is 0.267. The molecule has 0 unspecified atom stereocenters. The van der Waals surface area contributed by atoms with E-state index < -0.39 is 6.09 Å². The molecule has 2 aromatic heterocycles. The Balaban J connectivity index is 1.77. The van der Waals surface area contributed by atoms with Gasteiger partial charge in [0.05, 0.1) is 11.6 Å². The molecule has 0 atom stereocenters. The van der Waals surface area contributed by atoms with Crippen LogP contribution < -0.4 is 5.32 Å². The van der Waals surface area contributed by atoms with Crippen LogP contribution in [0.1, 0.15) is 0 Å². The maximum atomic E-state index is 11.6. The fourth-order valence-corrected chi connectivity index (χ4v) is 2.97. The van der Waals surface area contributed by atoms with Crippen molar-refractivity contribution >= 4 is 34.7 Å². The number of pyridine rings is 1. The van der Waals surface area contributed by atoms with Crippen molar-refractivity contribution < 1.29 is 9.53 Å². The van der Waals surface area contributed by atoms with Gasteiger partial charge in [0.15, 0.2) is 0 Å². The van der Waals surface area contributed by atoms with Crippen LogP contribution in [0.2, 0.25) is 0 Å². The van der Waals surface area contributed by atoms with Crippen LogP contribution in [0, 0.1) is 0 Å². The summed E-state index contributed by atoms with van der Waals surface area (Å²) >= 11 is 7.04. The Morgan fingerprint density at radius 1 is 1.25 bits per heavy atom. The third-order valence-corrected chi connectivity index (χ3v) is 4.17. The van der Waals surface area contributed by atoms with E-state index in [2.05, 4.69) is 15.3 Å². The lowest BCUT2D eigenvalue weighted by Gasteiger charge is -2.06. The fourth-order valence-electron chi connectivity index (χ4n) is 2.07. The molecule has 2 heterocycles. The summed E-state index contributed by atoms with van der Waals surface area (Å²) in [6.45, 7) is 0.174. The molecule has 7 heteroatoms. The van der Waals surface area contributed by atoms with E-state index >= 15 is 0 Å². The van der Waals surface area contributed by atoms with Gasteiger partial charge in [-0.05, 0) is 24.3 Å². The molecule has 0 saturated carbocycles. The number of hydrogen-bond acceptors (Lipinski definition) is 5. The number of nitrogens with one attached hydrogen (secondary N) is 1. The van der Waals surface area contributed by atoms with Crippen molar-refractivity contribution in [2.45, 2.75) is 0 Å². The summed E-state index contributed by atoms with van der Waals surface area (Å²) in [4.78, 5) is 20.3. The average Bonchev–Trinajstić information content (AvgIpc) is 3.11. The molecule has 0 fully saturated rings. The van der Waals surface area contributed by atoms with Crippen molar-refractivity contribution in [2.75, 3.05) is 17.8 Å². The average molecular weight is 360 g/mol. The van der Waals surface area contributed by atoms with Gasteiger partial charge in [-0.1, -0.05) is 12.1 Å². The summed E-state index contributed by atoms with van der Waals surface area (Å²) in [6, 6.07) is 11.3. The lowest BCUT2D eigenvalue weighted by atomic mass is 10.1. The van der Waals surface area contributed by atoms with Crippen LogP contribution in [0.15, 0.2) is 54.2 Å². The number of hydrogen-bond donors (Lipinski definition) is 1. The number of ether oxygens (including phenoxy) is 1. The Hall–Kier alpha value is -2.44. The smallest absolute Gasteiger partial charge is 0.411 e. The van der Waals surface area contributed by atoms with Crippen molar-refractivity contribution in [2.24, 2.45) is 0 Å². The van der Waals surface area contributed by atoms with Crippen LogP contribution in [0.4, 0.5) is 10.5 Å². The second-order valence-corrected chi connectivity index (χ2v) is 6.05. The quantitative estimate of drug-likeness (QED) is 0.673. The highest BCUT2D eigenvalue weighted by molar-refractivity contribution is 7.13. The summed E-state index contributed by atoms with van der Waals surface area (Å²) in [7, 11) is 0. The molecule has 1 aromatic carbocycles. The van der Waals surface area contributed by atoms with Crippen LogP contribution in [0.25, 0.3) is 21.8 Å². The molecule has 0 aliphatic carbocycles. The number of benzene rings is 1. The van der Waals surface area contributed by atoms with Gasteiger partial charge in [-0.15, -0.1) is 22.9 Å². The fraction of sp³-hybridized carbons (Fsp3) is 0.118. The van der Waals surface area contributed by atoms with Crippen LogP contribution in [-0.2, 0) is 4.74 Å². The first-order valence-corrected chi connectivity index (χ1v) is 8.64. The van der Waals surface area contributed by atoms with E-state index in [1.165, 1.54) is 0 Å². The molecule has 0 aliphatic heterocycles. The van der Waals surface area contributed by atoms with E-state index in [0.717, 1.165) is 21.8 Å². The Kier molecular flexibility index (Phi) is 5.40. The Morgan fingerprint density at radius 3 is 2.92 bits per heavy atom. The van der Waals surface area contributed by atoms with Crippen molar-refractivity contribution in [3.8, 4) is 21.8 Å². The Labute approximate surface area is 148 Å². The molecule has 1 N–H and O–H groups in total. The minimum absolute atomic E-state index is 0.174. The minimum Gasteiger partial charge on any atom is -0.448 e. The molecule has 122 valence electrons. The van der Waals surface area contributed by atoms with Gasteiger partial charge >= 0.3 is 6.09 Å². The zero-order chi connectivity index (χ0) is 16.8. The molecular formula is C17H14ClN3O2S. The number of rotatable bonds is 5. The first-order valence-electron chi connectivity index (χ1n) is 7.22. The number of carbonyl (C=O) groups is 1. The number of alkyl halides is 1. The lowest BCUT2D eigenvalue weighted by Crippen LogP contribution is -2.14. The van der Waals surface area contributed by atoms with E-state index in [1.807, 2.05) is 35.7 Å². The number of thiazole rings is 1. The topological polar surface area (TPSA) is 64.1 Å². The van der Waals surface area contributed by atoms with Crippen LogP contribution in [0.3, 0.4) is 0 Å². The number of nitrogens with zero attached hydrogens (tertiary/aromatic N) is 2. The highest BCUT2D eigenvalue weighted by atomic mass is 35.5. The normalized spacial score (nSPS) is 10.4. The second-order valence-electron chi connectivity index (χ2n) is 4.81. The SMILES string of the molecule is O=C(Nc1cccc(-c2csc(-c3cccnc3)n2)c1)OCCCl. The van der Waals surface area contributed by atoms with E-state index in [9.17, 15) is 4.79 Å². The van der Waals surface area contributed by atoms with Crippen LogP contribution >= 0.6 is 22.9 Å². The molecule has 0 aliphatic rings. The predicted octanol–water partition coefficient (Wildman–Crippen LogP) is 4.66. The Bertz CT molecular complexity index is 823. The third-order valence-electron chi connectivity index (χ3n) is 3.13. The van der Waals surface area contributed by atoms with Crippen LogP contribution in [-0.4, -0.2) is 28.5 Å². The van der Waals surface area contributed by atoms with E-state index in [-0.39, 0.29) is 12.5 Å². The van der Waals surface area contributed by atoms with Gasteiger partial charge in [0.25, 0.3) is 0 Å². The van der Waals surface area contributed by atoms with Crippen molar-refractivity contribution in [3.05, 3.63) is 54.2 Å². The van der Waals surface area contributed by atoms with Gasteiger partial charge < -0.3 is 4.74 Å². The van der Waals surface area contributed by atoms with Gasteiger partial charge in [0.1, 0.15) is 11.6 Å². The highest BCUT2D eigenvalue weighted by Crippen LogP contribution is 2.29. The van der Waals surface area contributed by atoms with E-state index in [0.29, 0.717) is 5.69 Å². The largest absolute Gasteiger partial charge is 0.448 e. The maximum Gasteiger partial charge on any atom is 0.411 e. The van der Waals surface area contributed by atoms with Crippen LogP contribution in [0.5, 0.6) is 0 Å². The first kappa shape index (κ1) is 16.4. The molecule has 3 rings (SSSR count). The molecule has 0 spiro atoms. The number of carbonyl (C=O) groups excluding carboxylic acids is 1. The summed E-state index contributed by atoms with van der Waals surface area (Å²) < 4.78 is 4.90. The summed E-state index contributed by atoms with van der Waals surface area (Å²) in [6.07, 6.45) is 2.99. The lowest BCUT2D eigenvalue weighted by molar-refractivity contribution is 0.168. The summed E-state index contributed by atoms with van der Waals surface area (Å²) in [5.41, 5.74) is 3.38. The monoisotopic (exact) mass is 359 g/mol. The molecule has 0 bridgehead atoms. The minimum atomic E-state index is -0.526. The molecular weight excluding hydrogens is 346 g/mol. The number of anilines is 1.